The minimum absolute atomic E-state index is 0.303. The van der Waals surface area contributed by atoms with Crippen molar-refractivity contribution in [1.82, 2.24) is 0 Å². The molecule has 0 heterocycles. The second-order valence-corrected chi connectivity index (χ2v) is 5.46. The molecule has 0 aliphatic carbocycles. The summed E-state index contributed by atoms with van der Waals surface area (Å²) < 4.78 is 11.0. The lowest BCUT2D eigenvalue weighted by Gasteiger charge is -2.13. The zero-order valence-electron chi connectivity index (χ0n) is 12.3. The molecule has 0 aliphatic heterocycles. The predicted molar refractivity (Wildman–Crippen MR) is 90.5 cm³/mol. The van der Waals surface area contributed by atoms with Gasteiger partial charge in [-0.2, -0.15) is 0 Å². The first-order valence-corrected chi connectivity index (χ1v) is 7.41. The van der Waals surface area contributed by atoms with Crippen molar-refractivity contribution in [2.75, 3.05) is 7.11 Å². The summed E-state index contributed by atoms with van der Waals surface area (Å²) in [6, 6.07) is 10.5. The van der Waals surface area contributed by atoms with Gasteiger partial charge in [0, 0.05) is 11.1 Å². The highest BCUT2D eigenvalue weighted by Crippen LogP contribution is 2.37. The Morgan fingerprint density at radius 1 is 1.22 bits per heavy atom. The Morgan fingerprint density at radius 3 is 2.52 bits per heavy atom. The normalized spacial score (nSPS) is 10.7. The standard InChI is InChI=1S/C17H14Cl2O4/c1-22-15-9-12(4-7-16(20)21)8-14(19)17(15)23-10-11-2-5-13(18)6-3-11/h2-9H,10H2,1H3,(H,20,21)/b7-4+. The van der Waals surface area contributed by atoms with Gasteiger partial charge in [0.05, 0.1) is 12.1 Å². The predicted octanol–water partition coefficient (Wildman–Crippen LogP) is 4.68. The van der Waals surface area contributed by atoms with E-state index in [9.17, 15) is 4.79 Å². The second kappa shape index (κ2) is 7.90. The lowest BCUT2D eigenvalue weighted by Crippen LogP contribution is -1.99. The fourth-order valence-corrected chi connectivity index (χ4v) is 2.28. The van der Waals surface area contributed by atoms with Crippen molar-refractivity contribution >= 4 is 35.2 Å². The summed E-state index contributed by atoms with van der Waals surface area (Å²) in [4.78, 5) is 10.6. The molecule has 6 heteroatoms. The van der Waals surface area contributed by atoms with Crippen molar-refractivity contribution in [2.45, 2.75) is 6.61 Å². The van der Waals surface area contributed by atoms with Gasteiger partial charge in [-0.3, -0.25) is 0 Å². The van der Waals surface area contributed by atoms with Crippen LogP contribution in [0.25, 0.3) is 6.08 Å². The largest absolute Gasteiger partial charge is 0.493 e. The van der Waals surface area contributed by atoms with Crippen LogP contribution in [0, 0.1) is 0 Å². The molecule has 0 aliphatic rings. The highest BCUT2D eigenvalue weighted by atomic mass is 35.5. The van der Waals surface area contributed by atoms with Crippen molar-refractivity contribution in [1.29, 1.82) is 0 Å². The molecule has 0 spiro atoms. The van der Waals surface area contributed by atoms with Crippen molar-refractivity contribution in [2.24, 2.45) is 0 Å². The van der Waals surface area contributed by atoms with Gasteiger partial charge in [-0.25, -0.2) is 4.79 Å². The van der Waals surface area contributed by atoms with Crippen LogP contribution >= 0.6 is 23.2 Å². The molecule has 4 nitrogen and oxygen atoms in total. The Labute approximate surface area is 143 Å². The number of ether oxygens (including phenoxy) is 2. The molecule has 0 bridgehead atoms. The van der Waals surface area contributed by atoms with E-state index < -0.39 is 5.97 Å². The van der Waals surface area contributed by atoms with E-state index in [1.807, 2.05) is 12.1 Å². The van der Waals surface area contributed by atoms with Crippen molar-refractivity contribution in [3.05, 3.63) is 63.6 Å². The summed E-state index contributed by atoms with van der Waals surface area (Å²) in [5, 5.41) is 9.66. The van der Waals surface area contributed by atoms with Gasteiger partial charge < -0.3 is 14.6 Å². The summed E-state index contributed by atoms with van der Waals surface area (Å²) >= 11 is 12.1. The van der Waals surface area contributed by atoms with Crippen LogP contribution in [0.2, 0.25) is 10.0 Å². The molecule has 0 fully saturated rings. The average Bonchev–Trinajstić information content (AvgIpc) is 2.53. The SMILES string of the molecule is COc1cc(/C=C/C(=O)O)cc(Cl)c1OCc1ccc(Cl)cc1. The third-order valence-corrected chi connectivity index (χ3v) is 3.50. The maximum absolute atomic E-state index is 10.6. The lowest BCUT2D eigenvalue weighted by atomic mass is 10.2. The summed E-state index contributed by atoms with van der Waals surface area (Å²) in [6.45, 7) is 0.303. The summed E-state index contributed by atoms with van der Waals surface area (Å²) in [5.74, 6) is -0.212. The molecule has 0 unspecified atom stereocenters. The molecule has 0 saturated heterocycles. The molecule has 2 aromatic rings. The summed E-state index contributed by atoms with van der Waals surface area (Å²) in [6.07, 6.45) is 2.46. The number of carbonyl (C=O) groups is 1. The topological polar surface area (TPSA) is 55.8 Å². The second-order valence-electron chi connectivity index (χ2n) is 4.62. The quantitative estimate of drug-likeness (QED) is 0.767. The van der Waals surface area contributed by atoms with Crippen molar-refractivity contribution in [3.63, 3.8) is 0 Å². The Morgan fingerprint density at radius 2 is 1.91 bits per heavy atom. The van der Waals surface area contributed by atoms with Crippen LogP contribution in [-0.4, -0.2) is 18.2 Å². The van der Waals surface area contributed by atoms with Gasteiger partial charge in [-0.15, -0.1) is 0 Å². The minimum atomic E-state index is -1.04. The third kappa shape index (κ3) is 4.91. The van der Waals surface area contributed by atoms with Crippen LogP contribution < -0.4 is 9.47 Å². The fraction of sp³-hybridized carbons (Fsp3) is 0.118. The first-order valence-electron chi connectivity index (χ1n) is 6.65. The fourth-order valence-electron chi connectivity index (χ4n) is 1.88. The van der Waals surface area contributed by atoms with E-state index in [0.29, 0.717) is 33.7 Å². The van der Waals surface area contributed by atoms with Gasteiger partial charge in [-0.1, -0.05) is 35.3 Å². The zero-order chi connectivity index (χ0) is 16.8. The smallest absolute Gasteiger partial charge is 0.328 e. The number of rotatable bonds is 6. The molecule has 2 rings (SSSR count). The van der Waals surface area contributed by atoms with Crippen molar-refractivity contribution < 1.29 is 19.4 Å². The van der Waals surface area contributed by atoms with E-state index in [-0.39, 0.29) is 0 Å². The number of halogens is 2. The van der Waals surface area contributed by atoms with E-state index in [4.69, 9.17) is 37.8 Å². The number of hydrogen-bond acceptors (Lipinski definition) is 3. The maximum Gasteiger partial charge on any atom is 0.328 e. The van der Waals surface area contributed by atoms with Gasteiger partial charge in [0.15, 0.2) is 11.5 Å². The van der Waals surface area contributed by atoms with Crippen molar-refractivity contribution in [3.8, 4) is 11.5 Å². The van der Waals surface area contributed by atoms with E-state index in [1.54, 1.807) is 24.3 Å². The minimum Gasteiger partial charge on any atom is -0.493 e. The number of methoxy groups -OCH3 is 1. The number of aliphatic carboxylic acids is 1. The van der Waals surface area contributed by atoms with Gasteiger partial charge in [0.1, 0.15) is 6.61 Å². The molecule has 1 N–H and O–H groups in total. The molecule has 0 saturated carbocycles. The zero-order valence-corrected chi connectivity index (χ0v) is 13.8. The summed E-state index contributed by atoms with van der Waals surface area (Å²) in [7, 11) is 1.49. The van der Waals surface area contributed by atoms with E-state index in [1.165, 1.54) is 13.2 Å². The molecule has 0 aromatic heterocycles. The molecule has 0 atom stereocenters. The Hall–Kier alpha value is -2.17. The van der Waals surface area contributed by atoms with Crippen LogP contribution in [0.3, 0.4) is 0 Å². The number of hydrogen-bond donors (Lipinski definition) is 1. The van der Waals surface area contributed by atoms with Crippen LogP contribution in [0.4, 0.5) is 0 Å². The van der Waals surface area contributed by atoms with Crippen LogP contribution in [0.1, 0.15) is 11.1 Å². The van der Waals surface area contributed by atoms with Crippen LogP contribution in [0.15, 0.2) is 42.5 Å². The highest BCUT2D eigenvalue weighted by molar-refractivity contribution is 6.32. The van der Waals surface area contributed by atoms with Crippen LogP contribution in [0.5, 0.6) is 11.5 Å². The monoisotopic (exact) mass is 352 g/mol. The lowest BCUT2D eigenvalue weighted by molar-refractivity contribution is -0.131. The summed E-state index contributed by atoms with van der Waals surface area (Å²) in [5.41, 5.74) is 1.54. The number of carboxylic acid groups (broad SMARTS) is 1. The van der Waals surface area contributed by atoms with Gasteiger partial charge in [0.2, 0.25) is 0 Å². The first-order chi connectivity index (χ1) is 11.0. The Kier molecular flexibility index (Phi) is 5.90. The highest BCUT2D eigenvalue weighted by Gasteiger charge is 2.11. The van der Waals surface area contributed by atoms with Gasteiger partial charge in [0.25, 0.3) is 0 Å². The van der Waals surface area contributed by atoms with E-state index in [2.05, 4.69) is 0 Å². The molecule has 23 heavy (non-hydrogen) atoms. The van der Waals surface area contributed by atoms with E-state index in [0.717, 1.165) is 11.6 Å². The van der Waals surface area contributed by atoms with Crippen LogP contribution in [-0.2, 0) is 11.4 Å². The molecule has 2 aromatic carbocycles. The van der Waals surface area contributed by atoms with Gasteiger partial charge >= 0.3 is 5.97 Å². The molecular weight excluding hydrogens is 339 g/mol. The van der Waals surface area contributed by atoms with Gasteiger partial charge in [-0.05, 0) is 41.5 Å². The first kappa shape index (κ1) is 17.2. The number of carboxylic acids is 1. The van der Waals surface area contributed by atoms with E-state index >= 15 is 0 Å². The Balaban J connectivity index is 2.20. The molecule has 0 amide bonds. The maximum atomic E-state index is 10.6. The third-order valence-electron chi connectivity index (χ3n) is 2.97. The number of benzene rings is 2. The average molecular weight is 353 g/mol. The molecular formula is C17H14Cl2O4. The Bertz CT molecular complexity index is 724. The molecule has 120 valence electrons. The molecule has 0 radical (unpaired) electrons.